The number of nitro groups is 1. The first-order valence-corrected chi connectivity index (χ1v) is 13.5. The van der Waals surface area contributed by atoms with Crippen molar-refractivity contribution in [2.45, 2.75) is 24.5 Å². The van der Waals surface area contributed by atoms with Crippen molar-refractivity contribution in [2.24, 2.45) is 7.05 Å². The zero-order valence-electron chi connectivity index (χ0n) is 21.6. The van der Waals surface area contributed by atoms with E-state index < -0.39 is 37.9 Å². The predicted molar refractivity (Wildman–Crippen MR) is 145 cm³/mol. The van der Waals surface area contributed by atoms with Gasteiger partial charge in [0.05, 0.1) is 16.2 Å². The Hall–Kier alpha value is -4.92. The van der Waals surface area contributed by atoms with Gasteiger partial charge in [0.1, 0.15) is 15.3 Å². The number of aryl methyl sites for hydroxylation is 1. The fourth-order valence-corrected chi connectivity index (χ4v) is 5.10. The molecule has 0 aliphatic carbocycles. The summed E-state index contributed by atoms with van der Waals surface area (Å²) in [6.07, 6.45) is -3.15. The Kier molecular flexibility index (Phi) is 7.74. The summed E-state index contributed by atoms with van der Waals surface area (Å²) in [5.41, 5.74) is -0.453. The molecule has 0 fully saturated rings. The Bertz CT molecular complexity index is 1810. The van der Waals surface area contributed by atoms with Gasteiger partial charge in [-0.25, -0.2) is 14.3 Å². The van der Waals surface area contributed by atoms with Crippen molar-refractivity contribution < 1.29 is 27.2 Å². The molecular weight excluding hydrogens is 565 g/mol. The molecule has 4 rings (SSSR count). The van der Waals surface area contributed by atoms with Gasteiger partial charge in [0.15, 0.2) is 5.03 Å². The quantitative estimate of drug-likeness (QED) is 0.184. The van der Waals surface area contributed by atoms with Crippen LogP contribution in [0.1, 0.15) is 27.2 Å². The minimum atomic E-state index is -4.65. The van der Waals surface area contributed by atoms with E-state index in [-0.39, 0.29) is 22.7 Å². The van der Waals surface area contributed by atoms with E-state index in [0.717, 1.165) is 16.7 Å². The van der Waals surface area contributed by atoms with Crippen LogP contribution in [0.4, 0.5) is 13.2 Å². The number of rotatable bonds is 8. The maximum Gasteiger partial charge on any atom is 0.416 e. The number of nitrogens with zero attached hydrogens (tertiary/aromatic N) is 4. The lowest BCUT2D eigenvalue weighted by atomic mass is 10.1. The maximum atomic E-state index is 13.6. The number of benzene rings is 2. The van der Waals surface area contributed by atoms with Gasteiger partial charge in [-0.15, -0.1) is 0 Å². The molecule has 1 amide bonds. The van der Waals surface area contributed by atoms with Crippen LogP contribution in [-0.4, -0.2) is 35.4 Å². The summed E-state index contributed by atoms with van der Waals surface area (Å²) in [5.74, 6) is 2.54. The summed E-state index contributed by atoms with van der Waals surface area (Å²) in [5, 5.41) is 16.4. The lowest BCUT2D eigenvalue weighted by molar-refractivity contribution is -0.518. The molecule has 1 atom stereocenters. The van der Waals surface area contributed by atoms with Crippen LogP contribution in [0, 0.1) is 17.0 Å². The normalized spacial score (nSPS) is 12.9. The molecule has 2 heterocycles. The molecule has 2 N–H and O–H groups in total. The molecule has 2 aromatic heterocycles. The van der Waals surface area contributed by atoms with Crippen LogP contribution in [-0.2, 0) is 29.5 Å². The van der Waals surface area contributed by atoms with Crippen molar-refractivity contribution in [3.05, 3.63) is 110 Å². The van der Waals surface area contributed by atoms with Gasteiger partial charge >= 0.3 is 6.18 Å². The molecule has 15 heteroatoms. The highest BCUT2D eigenvalue weighted by atomic mass is 32.2. The van der Waals surface area contributed by atoms with Crippen molar-refractivity contribution in [1.29, 1.82) is 0 Å². The van der Waals surface area contributed by atoms with Gasteiger partial charge in [-0.3, -0.25) is 18.8 Å². The molecule has 0 saturated carbocycles. The smallest absolute Gasteiger partial charge is 0.348 e. The minimum Gasteiger partial charge on any atom is -0.348 e. The summed E-state index contributed by atoms with van der Waals surface area (Å²) in [6, 6.07) is 12.9. The molecule has 0 bridgehead atoms. The first-order valence-electron chi connectivity index (χ1n) is 11.8. The van der Waals surface area contributed by atoms with E-state index in [4.69, 9.17) is 0 Å². The van der Waals surface area contributed by atoms with Gasteiger partial charge in [-0.05, 0) is 60.8 Å². The molecule has 4 aromatic rings. The van der Waals surface area contributed by atoms with Gasteiger partial charge in [0.2, 0.25) is 0 Å². The van der Waals surface area contributed by atoms with Gasteiger partial charge in [0.25, 0.3) is 11.5 Å². The first kappa shape index (κ1) is 29.1. The number of carbonyl (C=O) groups excluding carboxylic acids is 1. The second-order valence-electron chi connectivity index (χ2n) is 8.94. The lowest BCUT2D eigenvalue weighted by Crippen LogP contribution is -2.33. The topological polar surface area (TPSA) is 141 Å². The second kappa shape index (κ2) is 10.9. The number of halogens is 3. The molecule has 1 unspecified atom stereocenters. The largest absolute Gasteiger partial charge is 0.416 e. The van der Waals surface area contributed by atoms with E-state index in [1.165, 1.54) is 53.3 Å². The standard InChI is InChI=1S/C26H23F3N6O5S/c1-16-21(23-11-12-31-33(23)2)14-22(25(37)34(16)19-6-4-5-18(13-19)26(27,28)29)24(36)30-15-17-7-9-20(10-8-17)41(3,40)32-35(38)39/h4-14H,3,15H2,1-2H3,(H,30,36)(H,32,40). The SMILES string of the molecule is C=S(=O)(N[N+](=O)[O-])c1ccc(CNC(=O)c2cc(-c3ccnn3C)c(C)n(-c3cccc(C(F)(F)F)c3)c2=O)cc1. The lowest BCUT2D eigenvalue weighted by Gasteiger charge is -2.18. The molecule has 214 valence electrons. The third-order valence-electron chi connectivity index (χ3n) is 6.20. The molecule has 0 aliphatic heterocycles. The van der Waals surface area contributed by atoms with E-state index in [1.54, 1.807) is 24.9 Å². The van der Waals surface area contributed by atoms with Crippen LogP contribution in [0.5, 0.6) is 0 Å². The van der Waals surface area contributed by atoms with Crippen LogP contribution in [0.3, 0.4) is 0 Å². The Balaban J connectivity index is 1.72. The molecule has 2 aromatic carbocycles. The Morgan fingerprint density at radius 2 is 1.83 bits per heavy atom. The van der Waals surface area contributed by atoms with E-state index in [0.29, 0.717) is 22.5 Å². The summed E-state index contributed by atoms with van der Waals surface area (Å²) >= 11 is 0. The molecule has 0 radical (unpaired) electrons. The van der Waals surface area contributed by atoms with Crippen LogP contribution in [0.15, 0.2) is 76.6 Å². The van der Waals surface area contributed by atoms with E-state index in [9.17, 15) is 37.1 Å². The minimum absolute atomic E-state index is 0.0626. The number of hydrazine groups is 1. The summed E-state index contributed by atoms with van der Waals surface area (Å²) in [7, 11) is -1.75. The summed E-state index contributed by atoms with van der Waals surface area (Å²) < 4.78 is 55.2. The fourth-order valence-electron chi connectivity index (χ4n) is 4.17. The molecule has 0 aliphatic rings. The summed E-state index contributed by atoms with van der Waals surface area (Å²) in [6.45, 7) is 1.47. The monoisotopic (exact) mass is 588 g/mol. The molecule has 41 heavy (non-hydrogen) atoms. The van der Waals surface area contributed by atoms with Crippen LogP contribution < -0.4 is 15.7 Å². The van der Waals surface area contributed by atoms with Crippen molar-refractivity contribution in [2.75, 3.05) is 0 Å². The Labute approximate surface area is 231 Å². The zero-order chi connectivity index (χ0) is 30.1. The number of aromatic nitrogens is 3. The zero-order valence-corrected chi connectivity index (χ0v) is 22.5. The molecule has 0 spiro atoms. The average Bonchev–Trinajstić information content (AvgIpc) is 3.32. The van der Waals surface area contributed by atoms with Gasteiger partial charge in [0, 0.05) is 36.7 Å². The highest BCUT2D eigenvalue weighted by molar-refractivity contribution is 7.98. The molecule has 0 saturated heterocycles. The van der Waals surface area contributed by atoms with Crippen LogP contribution in [0.25, 0.3) is 16.9 Å². The molecular formula is C26H23F3N6O5S. The highest BCUT2D eigenvalue weighted by Crippen LogP contribution is 2.31. The fraction of sp³-hybridized carbons (Fsp3) is 0.154. The highest BCUT2D eigenvalue weighted by Gasteiger charge is 2.31. The maximum absolute atomic E-state index is 13.6. The predicted octanol–water partition coefficient (Wildman–Crippen LogP) is 3.27. The number of nitrogens with one attached hydrogen (secondary N) is 2. The van der Waals surface area contributed by atoms with E-state index in [2.05, 4.69) is 16.3 Å². The van der Waals surface area contributed by atoms with E-state index >= 15 is 0 Å². The first-order chi connectivity index (χ1) is 19.2. The third kappa shape index (κ3) is 6.14. The van der Waals surface area contributed by atoms with Crippen molar-refractivity contribution in [3.8, 4) is 16.9 Å². The summed E-state index contributed by atoms with van der Waals surface area (Å²) in [4.78, 5) is 39.2. The number of carbonyl (C=O) groups is 1. The number of hydrogen-bond acceptors (Lipinski definition) is 6. The van der Waals surface area contributed by atoms with Crippen LogP contribution in [0.2, 0.25) is 0 Å². The van der Waals surface area contributed by atoms with E-state index in [1.807, 2.05) is 0 Å². The Morgan fingerprint density at radius 3 is 2.41 bits per heavy atom. The molecule has 11 nitrogen and oxygen atoms in total. The number of amides is 1. The van der Waals surface area contributed by atoms with Crippen molar-refractivity contribution in [1.82, 2.24) is 24.5 Å². The van der Waals surface area contributed by atoms with Gasteiger partial charge < -0.3 is 5.32 Å². The van der Waals surface area contributed by atoms with Crippen molar-refractivity contribution in [3.63, 3.8) is 0 Å². The van der Waals surface area contributed by atoms with Gasteiger partial charge in [-0.2, -0.15) is 18.3 Å². The van der Waals surface area contributed by atoms with Crippen molar-refractivity contribution >= 4 is 21.5 Å². The number of alkyl halides is 3. The number of pyridine rings is 1. The van der Waals surface area contributed by atoms with Gasteiger partial charge in [-0.1, -0.05) is 23.0 Å². The number of hydrogen-bond donors (Lipinski definition) is 2. The third-order valence-corrected chi connectivity index (χ3v) is 7.68. The average molecular weight is 589 g/mol. The van der Waals surface area contributed by atoms with Crippen LogP contribution >= 0.6 is 0 Å². The Morgan fingerprint density at radius 1 is 1.15 bits per heavy atom. The second-order valence-corrected chi connectivity index (χ2v) is 10.9.